The Balaban J connectivity index is 2.07. The molecule has 0 aromatic carbocycles. The second-order valence-corrected chi connectivity index (χ2v) is 6.09. The van der Waals surface area contributed by atoms with Crippen molar-refractivity contribution in [1.82, 2.24) is 10.2 Å². The quantitative estimate of drug-likeness (QED) is 0.728. The number of carbonyl (C=O) groups excluding carboxylic acids is 1. The molecule has 1 aliphatic heterocycles. The van der Waals surface area contributed by atoms with Gasteiger partial charge in [-0.2, -0.15) is 0 Å². The topological polar surface area (TPSA) is 69.6 Å². The summed E-state index contributed by atoms with van der Waals surface area (Å²) in [6.45, 7) is 6.78. The number of likely N-dealkylation sites (tertiary alicyclic amines) is 1. The van der Waals surface area contributed by atoms with E-state index in [2.05, 4.69) is 19.2 Å². The fraction of sp³-hybridized carbons (Fsp3) is 0.857. The highest BCUT2D eigenvalue weighted by Gasteiger charge is 2.27. The van der Waals surface area contributed by atoms with Crippen LogP contribution < -0.4 is 5.32 Å². The molecular formula is C14H26N2O3. The molecule has 1 aliphatic rings. The van der Waals surface area contributed by atoms with E-state index >= 15 is 0 Å². The Bertz CT molecular complexity index is 306. The number of rotatable bonds is 6. The van der Waals surface area contributed by atoms with Gasteiger partial charge >= 0.3 is 12.0 Å². The number of carbonyl (C=O) groups is 2. The number of hydrogen-bond acceptors (Lipinski definition) is 2. The number of unbranched alkanes of at least 4 members (excludes halogenated alkanes) is 2. The summed E-state index contributed by atoms with van der Waals surface area (Å²) in [5, 5.41) is 11.4. The van der Waals surface area contributed by atoms with E-state index in [-0.39, 0.29) is 12.5 Å². The molecule has 1 saturated heterocycles. The van der Waals surface area contributed by atoms with Crippen molar-refractivity contribution in [3.05, 3.63) is 0 Å². The van der Waals surface area contributed by atoms with E-state index in [1.807, 2.05) is 4.90 Å². The van der Waals surface area contributed by atoms with E-state index in [1.165, 1.54) is 0 Å². The van der Waals surface area contributed by atoms with Gasteiger partial charge in [0.25, 0.3) is 0 Å². The van der Waals surface area contributed by atoms with E-state index < -0.39 is 5.97 Å². The summed E-state index contributed by atoms with van der Waals surface area (Å²) < 4.78 is 0. The molecule has 0 aliphatic carbocycles. The van der Waals surface area contributed by atoms with Gasteiger partial charge in [0.2, 0.25) is 0 Å². The number of amides is 2. The van der Waals surface area contributed by atoms with E-state index in [0.717, 1.165) is 38.8 Å². The van der Waals surface area contributed by atoms with E-state index in [9.17, 15) is 9.59 Å². The van der Waals surface area contributed by atoms with Crippen LogP contribution in [0, 0.1) is 5.41 Å². The first-order valence-electron chi connectivity index (χ1n) is 7.15. The summed E-state index contributed by atoms with van der Waals surface area (Å²) in [5.74, 6) is -0.750. The predicted octanol–water partition coefficient (Wildman–Crippen LogP) is 2.46. The number of nitrogens with zero attached hydrogens (tertiary/aromatic N) is 1. The zero-order valence-electron chi connectivity index (χ0n) is 12.1. The smallest absolute Gasteiger partial charge is 0.317 e. The minimum absolute atomic E-state index is 0.0220. The monoisotopic (exact) mass is 270 g/mol. The van der Waals surface area contributed by atoms with Gasteiger partial charge in [0.05, 0.1) is 0 Å². The van der Waals surface area contributed by atoms with Crippen LogP contribution in [0.3, 0.4) is 0 Å². The molecule has 0 spiro atoms. The fourth-order valence-corrected chi connectivity index (χ4v) is 2.20. The van der Waals surface area contributed by atoms with E-state index in [0.29, 0.717) is 18.4 Å². The molecule has 19 heavy (non-hydrogen) atoms. The van der Waals surface area contributed by atoms with Crippen LogP contribution in [0.25, 0.3) is 0 Å². The van der Waals surface area contributed by atoms with Crippen LogP contribution in [0.15, 0.2) is 0 Å². The third-order valence-electron chi connectivity index (χ3n) is 3.75. The average Bonchev–Trinajstić information content (AvgIpc) is 2.32. The molecule has 0 atom stereocenters. The molecule has 0 aromatic rings. The molecule has 2 amide bonds. The molecular weight excluding hydrogens is 244 g/mol. The van der Waals surface area contributed by atoms with Gasteiger partial charge in [-0.05, 0) is 31.1 Å². The maximum absolute atomic E-state index is 11.9. The predicted molar refractivity (Wildman–Crippen MR) is 74.1 cm³/mol. The Morgan fingerprint density at radius 2 is 1.79 bits per heavy atom. The summed E-state index contributed by atoms with van der Waals surface area (Å²) in [6, 6.07) is 0.0220. The number of carboxylic acids is 1. The Kier molecular flexibility index (Phi) is 6.12. The Hall–Kier alpha value is -1.26. The van der Waals surface area contributed by atoms with Crippen LogP contribution in [0.5, 0.6) is 0 Å². The molecule has 110 valence electrons. The van der Waals surface area contributed by atoms with E-state index in [4.69, 9.17) is 5.11 Å². The molecule has 0 saturated carbocycles. The second-order valence-electron chi connectivity index (χ2n) is 6.09. The first-order chi connectivity index (χ1) is 8.91. The summed E-state index contributed by atoms with van der Waals surface area (Å²) in [6.07, 6.45) is 4.70. The largest absolute Gasteiger partial charge is 0.481 e. The maximum Gasteiger partial charge on any atom is 0.317 e. The van der Waals surface area contributed by atoms with Gasteiger partial charge in [0.15, 0.2) is 0 Å². The van der Waals surface area contributed by atoms with Crippen LogP contribution in [-0.2, 0) is 4.79 Å². The van der Waals surface area contributed by atoms with Gasteiger partial charge in [-0.3, -0.25) is 4.79 Å². The van der Waals surface area contributed by atoms with Gasteiger partial charge in [0.1, 0.15) is 0 Å². The number of hydrogen-bond donors (Lipinski definition) is 2. The number of nitrogens with one attached hydrogen (secondary N) is 1. The molecule has 1 heterocycles. The summed E-state index contributed by atoms with van der Waals surface area (Å²) in [7, 11) is 0. The first kappa shape index (κ1) is 15.8. The molecule has 0 aromatic heterocycles. The van der Waals surface area contributed by atoms with Crippen LogP contribution in [0.2, 0.25) is 0 Å². The zero-order chi connectivity index (χ0) is 14.3. The molecule has 5 heteroatoms. The van der Waals surface area contributed by atoms with E-state index in [1.54, 1.807) is 0 Å². The van der Waals surface area contributed by atoms with Gasteiger partial charge < -0.3 is 15.3 Å². The normalized spacial score (nSPS) is 18.1. The number of urea groups is 1. The van der Waals surface area contributed by atoms with Crippen molar-refractivity contribution >= 4 is 12.0 Å². The van der Waals surface area contributed by atoms with Crippen molar-refractivity contribution in [2.45, 2.75) is 52.4 Å². The SMILES string of the molecule is CC1(C)CCN(C(=O)NCCCCCC(=O)O)CC1. The lowest BCUT2D eigenvalue weighted by Crippen LogP contribution is -2.46. The molecule has 5 nitrogen and oxygen atoms in total. The minimum atomic E-state index is -0.750. The summed E-state index contributed by atoms with van der Waals surface area (Å²) in [4.78, 5) is 24.1. The lowest BCUT2D eigenvalue weighted by molar-refractivity contribution is -0.137. The zero-order valence-corrected chi connectivity index (χ0v) is 12.1. The Morgan fingerprint density at radius 1 is 1.16 bits per heavy atom. The van der Waals surface area contributed by atoms with Gasteiger partial charge in [0, 0.05) is 26.1 Å². The number of piperidine rings is 1. The standard InChI is InChI=1S/C14H26N2O3/c1-14(2)7-10-16(11-8-14)13(19)15-9-5-3-4-6-12(17)18/h3-11H2,1-2H3,(H,15,19)(H,17,18). The summed E-state index contributed by atoms with van der Waals surface area (Å²) in [5.41, 5.74) is 0.355. The number of aliphatic carboxylic acids is 1. The molecule has 1 fully saturated rings. The fourth-order valence-electron chi connectivity index (χ4n) is 2.20. The lowest BCUT2D eigenvalue weighted by Gasteiger charge is -2.36. The van der Waals surface area contributed by atoms with Crippen molar-refractivity contribution in [3.8, 4) is 0 Å². The molecule has 1 rings (SSSR count). The average molecular weight is 270 g/mol. The highest BCUT2D eigenvalue weighted by molar-refractivity contribution is 5.74. The third-order valence-corrected chi connectivity index (χ3v) is 3.75. The van der Waals surface area contributed by atoms with Crippen molar-refractivity contribution in [2.75, 3.05) is 19.6 Å². The number of carboxylic acid groups (broad SMARTS) is 1. The highest BCUT2D eigenvalue weighted by Crippen LogP contribution is 2.29. The highest BCUT2D eigenvalue weighted by atomic mass is 16.4. The molecule has 0 radical (unpaired) electrons. The van der Waals surface area contributed by atoms with Gasteiger partial charge in [-0.1, -0.05) is 20.3 Å². The van der Waals surface area contributed by atoms with Gasteiger partial charge in [-0.25, -0.2) is 4.79 Å². The van der Waals surface area contributed by atoms with Crippen LogP contribution >= 0.6 is 0 Å². The van der Waals surface area contributed by atoms with Crippen molar-refractivity contribution in [3.63, 3.8) is 0 Å². The maximum atomic E-state index is 11.9. The second kappa shape index (κ2) is 7.36. The minimum Gasteiger partial charge on any atom is -0.481 e. The lowest BCUT2D eigenvalue weighted by atomic mass is 9.83. The summed E-state index contributed by atoms with van der Waals surface area (Å²) >= 11 is 0. The molecule has 2 N–H and O–H groups in total. The Morgan fingerprint density at radius 3 is 2.37 bits per heavy atom. The molecule has 0 unspecified atom stereocenters. The van der Waals surface area contributed by atoms with Crippen LogP contribution in [0.1, 0.15) is 52.4 Å². The van der Waals surface area contributed by atoms with Crippen LogP contribution in [0.4, 0.5) is 4.79 Å². The van der Waals surface area contributed by atoms with Gasteiger partial charge in [-0.15, -0.1) is 0 Å². The first-order valence-corrected chi connectivity index (χ1v) is 7.15. The van der Waals surface area contributed by atoms with Crippen molar-refractivity contribution < 1.29 is 14.7 Å². The Labute approximate surface area is 115 Å². The van der Waals surface area contributed by atoms with Crippen molar-refractivity contribution in [2.24, 2.45) is 5.41 Å². The third kappa shape index (κ3) is 6.45. The molecule has 0 bridgehead atoms. The van der Waals surface area contributed by atoms with Crippen molar-refractivity contribution in [1.29, 1.82) is 0 Å². The van der Waals surface area contributed by atoms with Crippen LogP contribution in [-0.4, -0.2) is 41.6 Å².